The van der Waals surface area contributed by atoms with Crippen molar-refractivity contribution in [2.24, 2.45) is 0 Å². The van der Waals surface area contributed by atoms with Crippen molar-refractivity contribution in [2.45, 2.75) is 26.8 Å². The Bertz CT molecular complexity index is 727. The first-order valence-electron chi connectivity index (χ1n) is 9.02. The number of hydrogen-bond acceptors (Lipinski definition) is 3. The Labute approximate surface area is 155 Å². The summed E-state index contributed by atoms with van der Waals surface area (Å²) >= 11 is 0. The molecule has 0 aromatic heterocycles. The zero-order valence-electron chi connectivity index (χ0n) is 15.7. The van der Waals surface area contributed by atoms with Crippen LogP contribution in [0, 0.1) is 0 Å². The van der Waals surface area contributed by atoms with Crippen LogP contribution in [0.25, 0.3) is 0 Å². The van der Waals surface area contributed by atoms with E-state index in [9.17, 15) is 9.59 Å². The third kappa shape index (κ3) is 5.43. The van der Waals surface area contributed by atoms with Gasteiger partial charge in [0.2, 0.25) is 5.91 Å². The summed E-state index contributed by atoms with van der Waals surface area (Å²) in [5.74, 6) is -0.165. The minimum atomic E-state index is -0.139. The van der Waals surface area contributed by atoms with Gasteiger partial charge in [0.05, 0.1) is 6.54 Å². The molecule has 138 valence electrons. The normalized spacial score (nSPS) is 11.7. The topological polar surface area (TPSA) is 61.4 Å². The maximum Gasteiger partial charge on any atom is 0.253 e. The van der Waals surface area contributed by atoms with Crippen molar-refractivity contribution in [3.8, 4) is 0 Å². The highest BCUT2D eigenvalue weighted by Crippen LogP contribution is 2.14. The van der Waals surface area contributed by atoms with E-state index in [1.165, 1.54) is 0 Å². The van der Waals surface area contributed by atoms with Crippen molar-refractivity contribution in [1.29, 1.82) is 0 Å². The standard InChI is InChI=1S/C21H27N3O2/c1-4-24(5-2)21(26)18-12-9-13-19(14-18)23-20(25)15-22-16(3)17-10-7-6-8-11-17/h6-14,16,22H,4-5,15H2,1-3H3,(H,23,25)/t16-/m0/s1. The minimum absolute atomic E-state index is 0.0260. The maximum absolute atomic E-state index is 12.4. The first-order valence-corrected chi connectivity index (χ1v) is 9.02. The van der Waals surface area contributed by atoms with Gasteiger partial charge < -0.3 is 15.5 Å². The largest absolute Gasteiger partial charge is 0.339 e. The lowest BCUT2D eigenvalue weighted by molar-refractivity contribution is -0.115. The number of carbonyl (C=O) groups excluding carboxylic acids is 2. The summed E-state index contributed by atoms with van der Waals surface area (Å²) in [6, 6.07) is 17.1. The molecular formula is C21H27N3O2. The van der Waals surface area contributed by atoms with Crippen LogP contribution in [0.4, 0.5) is 5.69 Å². The van der Waals surface area contributed by atoms with Crippen molar-refractivity contribution in [2.75, 3.05) is 25.0 Å². The fourth-order valence-corrected chi connectivity index (χ4v) is 2.73. The highest BCUT2D eigenvalue weighted by Gasteiger charge is 2.13. The summed E-state index contributed by atoms with van der Waals surface area (Å²) in [4.78, 5) is 26.4. The Balaban J connectivity index is 1.93. The summed E-state index contributed by atoms with van der Waals surface area (Å²) in [5, 5.41) is 6.05. The van der Waals surface area contributed by atoms with Crippen molar-refractivity contribution >= 4 is 17.5 Å². The molecule has 0 aliphatic carbocycles. The summed E-state index contributed by atoms with van der Waals surface area (Å²) in [6.07, 6.45) is 0. The molecule has 0 unspecified atom stereocenters. The molecule has 0 heterocycles. The smallest absolute Gasteiger partial charge is 0.253 e. The van der Waals surface area contributed by atoms with E-state index in [1.807, 2.05) is 51.1 Å². The summed E-state index contributed by atoms with van der Waals surface area (Å²) in [7, 11) is 0. The minimum Gasteiger partial charge on any atom is -0.339 e. The molecular weight excluding hydrogens is 326 g/mol. The van der Waals surface area contributed by atoms with E-state index in [1.54, 1.807) is 29.2 Å². The van der Waals surface area contributed by atoms with Gasteiger partial charge in [0.15, 0.2) is 0 Å². The summed E-state index contributed by atoms with van der Waals surface area (Å²) < 4.78 is 0. The molecule has 2 rings (SSSR count). The monoisotopic (exact) mass is 353 g/mol. The molecule has 0 saturated carbocycles. The van der Waals surface area contributed by atoms with E-state index in [4.69, 9.17) is 0 Å². The Kier molecular flexibility index (Phi) is 7.36. The molecule has 2 aromatic rings. The molecule has 0 aliphatic heterocycles. The van der Waals surface area contributed by atoms with Gasteiger partial charge in [0.25, 0.3) is 5.91 Å². The lowest BCUT2D eigenvalue weighted by Gasteiger charge is -2.19. The van der Waals surface area contributed by atoms with Crippen LogP contribution < -0.4 is 10.6 Å². The maximum atomic E-state index is 12.4. The fraction of sp³-hybridized carbons (Fsp3) is 0.333. The van der Waals surface area contributed by atoms with Crippen LogP contribution in [0.5, 0.6) is 0 Å². The average molecular weight is 353 g/mol. The van der Waals surface area contributed by atoms with Crippen molar-refractivity contribution in [3.05, 3.63) is 65.7 Å². The molecule has 0 radical (unpaired) electrons. The third-order valence-corrected chi connectivity index (χ3v) is 4.31. The summed E-state index contributed by atoms with van der Waals surface area (Å²) in [6.45, 7) is 7.44. The molecule has 2 aromatic carbocycles. The number of nitrogens with zero attached hydrogens (tertiary/aromatic N) is 1. The number of nitrogens with one attached hydrogen (secondary N) is 2. The number of hydrogen-bond donors (Lipinski definition) is 2. The van der Waals surface area contributed by atoms with Gasteiger partial charge in [-0.2, -0.15) is 0 Å². The molecule has 0 aliphatic rings. The number of benzene rings is 2. The van der Waals surface area contributed by atoms with Crippen LogP contribution in [0.3, 0.4) is 0 Å². The molecule has 2 amide bonds. The first-order chi connectivity index (χ1) is 12.5. The Morgan fingerprint density at radius 3 is 2.35 bits per heavy atom. The van der Waals surface area contributed by atoms with Crippen molar-refractivity contribution in [3.63, 3.8) is 0 Å². The van der Waals surface area contributed by atoms with E-state index in [0.717, 1.165) is 5.56 Å². The Morgan fingerprint density at radius 1 is 1.00 bits per heavy atom. The number of amides is 2. The van der Waals surface area contributed by atoms with Gasteiger partial charge in [-0.1, -0.05) is 36.4 Å². The lowest BCUT2D eigenvalue weighted by atomic mass is 10.1. The van der Waals surface area contributed by atoms with Gasteiger partial charge in [-0.05, 0) is 44.5 Å². The van der Waals surface area contributed by atoms with Crippen molar-refractivity contribution in [1.82, 2.24) is 10.2 Å². The first kappa shape index (κ1) is 19.7. The predicted molar refractivity (Wildman–Crippen MR) is 105 cm³/mol. The van der Waals surface area contributed by atoms with E-state index in [-0.39, 0.29) is 24.4 Å². The number of carbonyl (C=O) groups is 2. The molecule has 5 heteroatoms. The predicted octanol–water partition coefficient (Wildman–Crippen LogP) is 3.46. The van der Waals surface area contributed by atoms with Gasteiger partial charge in [0, 0.05) is 30.4 Å². The highest BCUT2D eigenvalue weighted by atomic mass is 16.2. The van der Waals surface area contributed by atoms with Crippen LogP contribution >= 0.6 is 0 Å². The zero-order valence-corrected chi connectivity index (χ0v) is 15.7. The van der Waals surface area contributed by atoms with E-state index in [2.05, 4.69) is 10.6 Å². The molecule has 0 bridgehead atoms. The van der Waals surface area contributed by atoms with E-state index in [0.29, 0.717) is 24.3 Å². The molecule has 26 heavy (non-hydrogen) atoms. The molecule has 0 saturated heterocycles. The molecule has 1 atom stereocenters. The molecule has 5 nitrogen and oxygen atoms in total. The van der Waals surface area contributed by atoms with Gasteiger partial charge in [0.1, 0.15) is 0 Å². The van der Waals surface area contributed by atoms with Crippen LogP contribution in [0.15, 0.2) is 54.6 Å². The van der Waals surface area contributed by atoms with E-state index >= 15 is 0 Å². The Morgan fingerprint density at radius 2 is 1.69 bits per heavy atom. The number of anilines is 1. The van der Waals surface area contributed by atoms with Gasteiger partial charge in [-0.25, -0.2) is 0 Å². The van der Waals surface area contributed by atoms with Crippen LogP contribution in [0.1, 0.15) is 42.7 Å². The van der Waals surface area contributed by atoms with Gasteiger partial charge >= 0.3 is 0 Å². The van der Waals surface area contributed by atoms with Crippen molar-refractivity contribution < 1.29 is 9.59 Å². The lowest BCUT2D eigenvalue weighted by Crippen LogP contribution is -2.31. The SMILES string of the molecule is CCN(CC)C(=O)c1cccc(NC(=O)CN[C@@H](C)c2ccccc2)c1. The van der Waals surface area contributed by atoms with Gasteiger partial charge in [-0.15, -0.1) is 0 Å². The second-order valence-electron chi connectivity index (χ2n) is 6.12. The average Bonchev–Trinajstić information content (AvgIpc) is 2.68. The van der Waals surface area contributed by atoms with Crippen LogP contribution in [-0.4, -0.2) is 36.3 Å². The second-order valence-corrected chi connectivity index (χ2v) is 6.12. The molecule has 2 N–H and O–H groups in total. The highest BCUT2D eigenvalue weighted by molar-refractivity contribution is 5.97. The molecule has 0 spiro atoms. The van der Waals surface area contributed by atoms with Crippen LogP contribution in [0.2, 0.25) is 0 Å². The van der Waals surface area contributed by atoms with E-state index < -0.39 is 0 Å². The summed E-state index contributed by atoms with van der Waals surface area (Å²) in [5.41, 5.74) is 2.34. The molecule has 0 fully saturated rings. The quantitative estimate of drug-likeness (QED) is 0.764. The third-order valence-electron chi connectivity index (χ3n) is 4.31. The zero-order chi connectivity index (χ0) is 18.9. The Hall–Kier alpha value is -2.66. The number of rotatable bonds is 8. The van der Waals surface area contributed by atoms with Gasteiger partial charge in [-0.3, -0.25) is 9.59 Å². The second kappa shape index (κ2) is 9.73. The van der Waals surface area contributed by atoms with Crippen LogP contribution in [-0.2, 0) is 4.79 Å². The fourth-order valence-electron chi connectivity index (χ4n) is 2.73.